The average molecular weight is 504 g/mol. The number of aliphatic hydroxyl groups excluding tert-OH is 2. The van der Waals surface area contributed by atoms with Crippen LogP contribution in [0.15, 0.2) is 0 Å². The molecule has 36 heavy (non-hydrogen) atoms. The average Bonchev–Trinajstić information content (AvgIpc) is 3.41. The van der Waals surface area contributed by atoms with Crippen LogP contribution in [0.5, 0.6) is 0 Å². The van der Waals surface area contributed by atoms with Crippen LogP contribution >= 0.6 is 0 Å². The lowest BCUT2D eigenvalue weighted by Gasteiger charge is -2.63. The van der Waals surface area contributed by atoms with E-state index in [-0.39, 0.29) is 34.6 Å². The maximum absolute atomic E-state index is 12.2. The van der Waals surface area contributed by atoms with Crippen LogP contribution < -0.4 is 5.32 Å². The van der Waals surface area contributed by atoms with E-state index in [4.69, 9.17) is 4.74 Å². The predicted octanol–water partition coefficient (Wildman–Crippen LogP) is 4.52. The number of aliphatic hydroxyl groups is 3. The smallest absolute Gasteiger partial charge is 0.0880 e. The first-order valence-corrected chi connectivity index (χ1v) is 15.1. The lowest BCUT2D eigenvalue weighted by molar-refractivity contribution is -0.182. The highest BCUT2D eigenvalue weighted by Crippen LogP contribution is 2.89. The SMILES string of the molecule is C[C@@H]1C[C@H](CNCC(C)(C)O)O[C@H]2[C@H]1[C@@]1(C)CC[C@@]34C[C@@]35CC[C@H](O)C(C)(C)C5CCC4[C@]1(C)[C@H]2O. The Bertz CT molecular complexity index is 899. The predicted molar refractivity (Wildman–Crippen MR) is 141 cm³/mol. The van der Waals surface area contributed by atoms with E-state index < -0.39 is 11.7 Å². The molecule has 5 saturated carbocycles. The first-order chi connectivity index (χ1) is 16.6. The maximum Gasteiger partial charge on any atom is 0.0880 e. The van der Waals surface area contributed by atoms with Crippen LogP contribution in [0.25, 0.3) is 0 Å². The lowest BCUT2D eigenvalue weighted by atomic mass is 9.41. The third kappa shape index (κ3) is 3.07. The van der Waals surface area contributed by atoms with Gasteiger partial charge < -0.3 is 25.4 Å². The minimum Gasteiger partial charge on any atom is -0.393 e. The summed E-state index contributed by atoms with van der Waals surface area (Å²) >= 11 is 0. The summed E-state index contributed by atoms with van der Waals surface area (Å²) in [5.74, 6) is 2.08. The highest BCUT2D eigenvalue weighted by molar-refractivity contribution is 5.32. The Morgan fingerprint density at radius 2 is 1.61 bits per heavy atom. The Labute approximate surface area is 219 Å². The van der Waals surface area contributed by atoms with Crippen molar-refractivity contribution in [2.45, 2.75) is 130 Å². The fraction of sp³-hybridized carbons (Fsp3) is 1.00. The topological polar surface area (TPSA) is 82.0 Å². The Morgan fingerprint density at radius 1 is 0.944 bits per heavy atom. The molecule has 12 atom stereocenters. The first-order valence-electron chi connectivity index (χ1n) is 15.1. The normalized spacial score (nSPS) is 57.2. The second kappa shape index (κ2) is 7.71. The molecule has 0 aromatic heterocycles. The standard InChI is InChI=1S/C31H53NO4/c1-18-14-19(15-32-17-26(2,3)35)36-24-23(18)28(6)12-13-31-16-30(31)11-10-22(33)27(4,5)20(30)8-9-21(31)29(28,7)25(24)34/h18-25,32-35H,8-17H2,1-7H3/t18-,19-,20?,21?,22+,23+,24+,25+,28-,29-,30-,31+/m1/s1. The zero-order valence-corrected chi connectivity index (χ0v) is 23.9. The maximum atomic E-state index is 12.2. The van der Waals surface area contributed by atoms with Crippen molar-refractivity contribution >= 4 is 0 Å². The fourth-order valence-electron chi connectivity index (χ4n) is 12.1. The van der Waals surface area contributed by atoms with Gasteiger partial charge in [0, 0.05) is 18.5 Å². The lowest BCUT2D eigenvalue weighted by Crippen LogP contribution is -2.59. The van der Waals surface area contributed by atoms with E-state index in [0.29, 0.717) is 41.0 Å². The molecule has 1 aliphatic heterocycles. The van der Waals surface area contributed by atoms with E-state index >= 15 is 0 Å². The van der Waals surface area contributed by atoms with E-state index in [1.807, 2.05) is 13.8 Å². The van der Waals surface area contributed by atoms with Crippen molar-refractivity contribution in [3.63, 3.8) is 0 Å². The number of hydrogen-bond donors (Lipinski definition) is 4. The molecule has 0 bridgehead atoms. The van der Waals surface area contributed by atoms with Crippen LogP contribution in [-0.4, -0.2) is 58.4 Å². The molecular weight excluding hydrogens is 450 g/mol. The minimum atomic E-state index is -0.733. The third-order valence-electron chi connectivity index (χ3n) is 13.8. The van der Waals surface area contributed by atoms with E-state index in [9.17, 15) is 15.3 Å². The fourth-order valence-corrected chi connectivity index (χ4v) is 12.1. The van der Waals surface area contributed by atoms with Gasteiger partial charge in [0.1, 0.15) is 0 Å². The van der Waals surface area contributed by atoms with Gasteiger partial charge in [-0.2, -0.15) is 0 Å². The van der Waals surface area contributed by atoms with E-state index in [0.717, 1.165) is 19.4 Å². The summed E-state index contributed by atoms with van der Waals surface area (Å²) in [5, 5.41) is 36.7. The second-order valence-electron chi connectivity index (χ2n) is 16.1. The van der Waals surface area contributed by atoms with Crippen molar-refractivity contribution < 1.29 is 20.1 Å². The zero-order chi connectivity index (χ0) is 26.1. The van der Waals surface area contributed by atoms with Gasteiger partial charge in [-0.05, 0) is 111 Å². The van der Waals surface area contributed by atoms with E-state index in [1.54, 1.807) is 0 Å². The number of ether oxygens (including phenoxy) is 1. The Kier molecular flexibility index (Phi) is 5.58. The van der Waals surface area contributed by atoms with Crippen molar-refractivity contribution in [1.29, 1.82) is 0 Å². The van der Waals surface area contributed by atoms with Gasteiger partial charge in [0.05, 0.1) is 30.0 Å². The summed E-state index contributed by atoms with van der Waals surface area (Å²) in [6, 6.07) is 0. The quantitative estimate of drug-likeness (QED) is 0.453. The summed E-state index contributed by atoms with van der Waals surface area (Å²) in [6.45, 7) is 16.9. The van der Waals surface area contributed by atoms with E-state index in [1.165, 1.54) is 38.5 Å². The number of nitrogens with one attached hydrogen (secondary N) is 1. The molecular formula is C31H53NO4. The Hall–Kier alpha value is -0.200. The first kappa shape index (κ1) is 26.0. The van der Waals surface area contributed by atoms with Gasteiger partial charge in [0.2, 0.25) is 0 Å². The summed E-state index contributed by atoms with van der Waals surface area (Å²) in [4.78, 5) is 0. The summed E-state index contributed by atoms with van der Waals surface area (Å²) < 4.78 is 6.78. The van der Waals surface area contributed by atoms with Gasteiger partial charge >= 0.3 is 0 Å². The van der Waals surface area contributed by atoms with Gasteiger partial charge in [-0.25, -0.2) is 0 Å². The Balaban J connectivity index is 1.28. The molecule has 0 radical (unpaired) electrons. The number of rotatable bonds is 4. The molecule has 6 fully saturated rings. The molecule has 5 nitrogen and oxygen atoms in total. The van der Waals surface area contributed by atoms with E-state index in [2.05, 4.69) is 39.9 Å². The van der Waals surface area contributed by atoms with Gasteiger partial charge in [0.15, 0.2) is 0 Å². The van der Waals surface area contributed by atoms with Crippen molar-refractivity contribution in [3.05, 3.63) is 0 Å². The molecule has 206 valence electrons. The Morgan fingerprint density at radius 3 is 2.31 bits per heavy atom. The summed E-state index contributed by atoms with van der Waals surface area (Å²) in [7, 11) is 0. The molecule has 4 N–H and O–H groups in total. The minimum absolute atomic E-state index is 0.00234. The van der Waals surface area contributed by atoms with Crippen LogP contribution in [-0.2, 0) is 4.74 Å². The van der Waals surface area contributed by atoms with Crippen molar-refractivity contribution in [3.8, 4) is 0 Å². The van der Waals surface area contributed by atoms with Crippen LogP contribution in [0.1, 0.15) is 99.8 Å². The number of hydrogen-bond acceptors (Lipinski definition) is 5. The van der Waals surface area contributed by atoms with Crippen LogP contribution in [0.2, 0.25) is 0 Å². The molecule has 1 saturated heterocycles. The molecule has 5 aliphatic carbocycles. The molecule has 6 aliphatic rings. The van der Waals surface area contributed by atoms with Crippen LogP contribution in [0, 0.1) is 50.7 Å². The molecule has 0 amide bonds. The summed E-state index contributed by atoms with van der Waals surface area (Å²) in [5.41, 5.74) is -0.0308. The second-order valence-corrected chi connectivity index (χ2v) is 16.1. The molecule has 1 heterocycles. The van der Waals surface area contributed by atoms with Crippen molar-refractivity contribution in [1.82, 2.24) is 5.32 Å². The highest BCUT2D eigenvalue weighted by Gasteiger charge is 2.84. The number of fused-ring (bicyclic) bond motifs is 4. The molecule has 2 spiro atoms. The van der Waals surface area contributed by atoms with Crippen LogP contribution in [0.4, 0.5) is 0 Å². The third-order valence-corrected chi connectivity index (χ3v) is 13.8. The molecule has 0 aromatic rings. The molecule has 0 aromatic carbocycles. The summed E-state index contributed by atoms with van der Waals surface area (Å²) in [6.07, 6.45) is 8.74. The molecule has 2 unspecified atom stereocenters. The largest absolute Gasteiger partial charge is 0.393 e. The monoisotopic (exact) mass is 503 g/mol. The zero-order valence-electron chi connectivity index (χ0n) is 23.9. The van der Waals surface area contributed by atoms with Gasteiger partial charge in [-0.1, -0.05) is 34.6 Å². The van der Waals surface area contributed by atoms with Gasteiger partial charge in [-0.3, -0.25) is 0 Å². The molecule has 6 rings (SSSR count). The van der Waals surface area contributed by atoms with Gasteiger partial charge in [0.25, 0.3) is 0 Å². The molecule has 5 heteroatoms. The van der Waals surface area contributed by atoms with Crippen LogP contribution in [0.3, 0.4) is 0 Å². The van der Waals surface area contributed by atoms with Gasteiger partial charge in [-0.15, -0.1) is 0 Å². The van der Waals surface area contributed by atoms with Crippen molar-refractivity contribution in [2.24, 2.45) is 50.7 Å². The highest BCUT2D eigenvalue weighted by atomic mass is 16.5. The van der Waals surface area contributed by atoms with Crippen molar-refractivity contribution in [2.75, 3.05) is 13.1 Å².